The molecule has 3 aromatic rings. The zero-order chi connectivity index (χ0) is 30.3. The SMILES string of the molecule is CC(C)=CCC/C(C)=C/Cc1c2c(c3oc4c(c(=O)c3c1C)CC1c3c(c(O)cc(O)c3-4)OC1(C)C)C=CC(C)(C)O2. The highest BCUT2D eigenvalue weighted by atomic mass is 16.5. The van der Waals surface area contributed by atoms with E-state index < -0.39 is 11.2 Å². The molecule has 42 heavy (non-hydrogen) atoms. The highest BCUT2D eigenvalue weighted by molar-refractivity contribution is 5.96. The molecule has 1 unspecified atom stereocenters. The largest absolute Gasteiger partial charge is 0.507 e. The third-order valence-electron chi connectivity index (χ3n) is 9.02. The van der Waals surface area contributed by atoms with Gasteiger partial charge in [-0.15, -0.1) is 0 Å². The van der Waals surface area contributed by atoms with Gasteiger partial charge in [-0.25, -0.2) is 0 Å². The van der Waals surface area contributed by atoms with E-state index in [4.69, 9.17) is 13.9 Å². The van der Waals surface area contributed by atoms with Crippen molar-refractivity contribution in [1.82, 2.24) is 0 Å². The van der Waals surface area contributed by atoms with Gasteiger partial charge >= 0.3 is 0 Å². The molecule has 0 saturated heterocycles. The lowest BCUT2D eigenvalue weighted by molar-refractivity contribution is 0.106. The van der Waals surface area contributed by atoms with Gasteiger partial charge in [-0.1, -0.05) is 23.3 Å². The molecule has 6 heteroatoms. The smallest absolute Gasteiger partial charge is 0.196 e. The van der Waals surface area contributed by atoms with Crippen LogP contribution in [0.15, 0.2) is 44.7 Å². The zero-order valence-corrected chi connectivity index (χ0v) is 25.8. The maximum atomic E-state index is 14.5. The fourth-order valence-corrected chi connectivity index (χ4v) is 6.71. The second-order valence-electron chi connectivity index (χ2n) is 13.4. The summed E-state index contributed by atoms with van der Waals surface area (Å²) >= 11 is 0. The van der Waals surface area contributed by atoms with Crippen molar-refractivity contribution in [2.75, 3.05) is 0 Å². The van der Waals surface area contributed by atoms with Crippen LogP contribution in [0.4, 0.5) is 0 Å². The van der Waals surface area contributed by atoms with E-state index in [0.29, 0.717) is 52.0 Å². The Hall–Kier alpha value is -3.93. The van der Waals surface area contributed by atoms with Crippen molar-refractivity contribution in [2.24, 2.45) is 0 Å². The number of aryl methyl sites for hydroxylation is 1. The molecule has 2 aromatic carbocycles. The van der Waals surface area contributed by atoms with E-state index in [1.165, 1.54) is 17.2 Å². The molecule has 3 aliphatic rings. The van der Waals surface area contributed by atoms with Crippen LogP contribution in [-0.2, 0) is 12.8 Å². The van der Waals surface area contributed by atoms with Gasteiger partial charge in [0.1, 0.15) is 34.0 Å². The van der Waals surface area contributed by atoms with Gasteiger partial charge in [-0.2, -0.15) is 0 Å². The molecule has 2 N–H and O–H groups in total. The van der Waals surface area contributed by atoms with Gasteiger partial charge in [0.05, 0.1) is 16.5 Å². The molecule has 3 heterocycles. The number of hydrogen-bond acceptors (Lipinski definition) is 6. The monoisotopic (exact) mass is 568 g/mol. The number of benzene rings is 2. The summed E-state index contributed by atoms with van der Waals surface area (Å²) in [6, 6.07) is 1.27. The van der Waals surface area contributed by atoms with Gasteiger partial charge in [0, 0.05) is 28.7 Å². The summed E-state index contributed by atoms with van der Waals surface area (Å²) in [5.41, 5.74) is 5.96. The molecule has 6 rings (SSSR count). The molecule has 1 atom stereocenters. The van der Waals surface area contributed by atoms with E-state index in [9.17, 15) is 15.0 Å². The van der Waals surface area contributed by atoms with Crippen LogP contribution < -0.4 is 14.9 Å². The summed E-state index contributed by atoms with van der Waals surface area (Å²) in [7, 11) is 0. The Bertz CT molecular complexity index is 1810. The van der Waals surface area contributed by atoms with E-state index in [1.54, 1.807) is 0 Å². The Morgan fingerprint density at radius 2 is 1.79 bits per heavy atom. The average molecular weight is 569 g/mol. The number of phenolic OH excluding ortho intramolecular Hbond substituents is 2. The van der Waals surface area contributed by atoms with Crippen LogP contribution >= 0.6 is 0 Å². The van der Waals surface area contributed by atoms with Crippen LogP contribution in [-0.4, -0.2) is 21.4 Å². The van der Waals surface area contributed by atoms with Crippen molar-refractivity contribution in [3.63, 3.8) is 0 Å². The van der Waals surface area contributed by atoms with Crippen LogP contribution in [0, 0.1) is 6.92 Å². The number of rotatable bonds is 5. The Kier molecular flexibility index (Phi) is 6.41. The van der Waals surface area contributed by atoms with E-state index >= 15 is 0 Å². The van der Waals surface area contributed by atoms with Crippen molar-refractivity contribution in [1.29, 1.82) is 0 Å². The number of ether oxygens (including phenoxy) is 2. The summed E-state index contributed by atoms with van der Waals surface area (Å²) in [4.78, 5) is 14.5. The standard InChI is InChI=1S/C36H40O6/c1-18(2)10-9-11-19(3)12-13-21-20(4)27-30(39)23-16-24-28-29(25(37)17-26(38)34(28)42-36(24,7)8)33(23)40-32(27)22-14-15-35(5,6)41-31(21)22/h10,12,14-15,17,24,37-38H,9,11,13,16H2,1-8H3/b19-12+. The van der Waals surface area contributed by atoms with Crippen molar-refractivity contribution in [2.45, 2.75) is 98.2 Å². The van der Waals surface area contributed by atoms with E-state index in [2.05, 4.69) is 32.9 Å². The molecule has 0 bridgehead atoms. The Labute approximate surface area is 247 Å². The van der Waals surface area contributed by atoms with Crippen LogP contribution in [0.5, 0.6) is 23.0 Å². The predicted molar refractivity (Wildman–Crippen MR) is 167 cm³/mol. The first kappa shape index (κ1) is 28.2. The molecule has 220 valence electrons. The van der Waals surface area contributed by atoms with Crippen molar-refractivity contribution in [3.05, 3.63) is 73.5 Å². The normalized spacial score (nSPS) is 19.0. The molecule has 0 fully saturated rings. The Morgan fingerprint density at radius 1 is 1.05 bits per heavy atom. The van der Waals surface area contributed by atoms with E-state index in [0.717, 1.165) is 35.3 Å². The third-order valence-corrected chi connectivity index (χ3v) is 9.02. The lowest BCUT2D eigenvalue weighted by atomic mass is 9.74. The fraction of sp³-hybridized carbons (Fsp3) is 0.417. The fourth-order valence-electron chi connectivity index (χ4n) is 6.71. The molecule has 0 saturated carbocycles. The summed E-state index contributed by atoms with van der Waals surface area (Å²) in [5.74, 6) is 0.931. The minimum absolute atomic E-state index is 0.0994. The molecular formula is C36H40O6. The Morgan fingerprint density at radius 3 is 2.50 bits per heavy atom. The van der Waals surface area contributed by atoms with Gasteiger partial charge < -0.3 is 24.1 Å². The highest BCUT2D eigenvalue weighted by Crippen LogP contribution is 2.59. The van der Waals surface area contributed by atoms with Crippen LogP contribution in [0.25, 0.3) is 28.4 Å². The highest BCUT2D eigenvalue weighted by Gasteiger charge is 2.49. The third kappa shape index (κ3) is 4.34. The number of fused-ring (bicyclic) bond motifs is 5. The van der Waals surface area contributed by atoms with E-state index in [-0.39, 0.29) is 22.8 Å². The Balaban J connectivity index is 1.59. The van der Waals surface area contributed by atoms with Gasteiger partial charge in [0.25, 0.3) is 0 Å². The second kappa shape index (κ2) is 9.55. The van der Waals surface area contributed by atoms with Crippen molar-refractivity contribution in [3.8, 4) is 34.3 Å². The van der Waals surface area contributed by atoms with Gasteiger partial charge in [0.15, 0.2) is 16.9 Å². The predicted octanol–water partition coefficient (Wildman–Crippen LogP) is 8.41. The zero-order valence-electron chi connectivity index (χ0n) is 25.8. The number of phenols is 2. The maximum absolute atomic E-state index is 14.5. The maximum Gasteiger partial charge on any atom is 0.196 e. The lowest BCUT2D eigenvalue weighted by Crippen LogP contribution is -2.34. The van der Waals surface area contributed by atoms with Crippen molar-refractivity contribution < 1.29 is 24.1 Å². The molecule has 0 radical (unpaired) electrons. The molecule has 0 spiro atoms. The van der Waals surface area contributed by atoms with Gasteiger partial charge in [-0.3, -0.25) is 4.79 Å². The molecule has 1 aliphatic carbocycles. The van der Waals surface area contributed by atoms with Gasteiger partial charge in [-0.05, 0) is 98.8 Å². The lowest BCUT2D eigenvalue weighted by Gasteiger charge is -2.32. The number of hydrogen-bond donors (Lipinski definition) is 2. The average Bonchev–Trinajstić information content (AvgIpc) is 3.16. The molecule has 1 aromatic heterocycles. The minimum Gasteiger partial charge on any atom is -0.507 e. The molecule has 6 nitrogen and oxygen atoms in total. The second-order valence-corrected chi connectivity index (χ2v) is 13.4. The summed E-state index contributed by atoms with van der Waals surface area (Å²) in [6.07, 6.45) is 11.5. The number of allylic oxidation sites excluding steroid dienone is 4. The first-order chi connectivity index (χ1) is 19.7. The molecule has 0 amide bonds. The first-order valence-corrected chi connectivity index (χ1v) is 14.8. The molecule has 2 aliphatic heterocycles. The van der Waals surface area contributed by atoms with Crippen molar-refractivity contribution >= 4 is 17.0 Å². The topological polar surface area (TPSA) is 89.1 Å². The van der Waals surface area contributed by atoms with Gasteiger partial charge in [0.2, 0.25) is 0 Å². The van der Waals surface area contributed by atoms with Crippen LogP contribution in [0.3, 0.4) is 0 Å². The summed E-state index contributed by atoms with van der Waals surface area (Å²) in [5, 5.41) is 22.2. The van der Waals surface area contributed by atoms with Crippen LogP contribution in [0.1, 0.15) is 95.0 Å². The number of aromatic hydroxyl groups is 2. The van der Waals surface area contributed by atoms with Crippen LogP contribution in [0.2, 0.25) is 0 Å². The first-order valence-electron chi connectivity index (χ1n) is 14.8. The molecular weight excluding hydrogens is 528 g/mol. The minimum atomic E-state index is -0.673. The summed E-state index contributed by atoms with van der Waals surface area (Å²) < 4.78 is 19.4. The summed E-state index contributed by atoms with van der Waals surface area (Å²) in [6.45, 7) is 16.3. The van der Waals surface area contributed by atoms with E-state index in [1.807, 2.05) is 46.8 Å². The quantitative estimate of drug-likeness (QED) is 0.300.